The topological polar surface area (TPSA) is 84.9 Å². The van der Waals surface area contributed by atoms with Crippen LogP contribution in [0.5, 0.6) is 5.75 Å². The van der Waals surface area contributed by atoms with Crippen LogP contribution in [-0.4, -0.2) is 46.8 Å². The number of hydrogen-bond donors (Lipinski definition) is 1. The van der Waals surface area contributed by atoms with Crippen molar-refractivity contribution in [3.05, 3.63) is 76.0 Å². The van der Waals surface area contributed by atoms with Crippen molar-refractivity contribution in [3.63, 3.8) is 0 Å². The largest absolute Gasteiger partial charge is 0.462 e. The molecule has 2 amide bonds. The summed E-state index contributed by atoms with van der Waals surface area (Å²) in [7, 11) is 0. The SMILES string of the molecule is CCOC(=O)c1c(-c2ccccc2)csc1NC(=O)CCCN1C(=O)C(=Cc2ccccc2OC(F)F)SC1=S. The maximum atomic E-state index is 12.9. The number of thiophene rings is 1. The number of nitrogens with zero attached hydrogens (tertiary/aromatic N) is 1. The molecule has 0 saturated carbocycles. The van der Waals surface area contributed by atoms with Gasteiger partial charge in [-0.3, -0.25) is 14.5 Å². The Morgan fingerprint density at radius 3 is 2.58 bits per heavy atom. The van der Waals surface area contributed by atoms with Crippen molar-refractivity contribution in [2.45, 2.75) is 26.4 Å². The number of thiocarbonyl (C=S) groups is 1. The van der Waals surface area contributed by atoms with Gasteiger partial charge < -0.3 is 14.8 Å². The Labute approximate surface area is 243 Å². The highest BCUT2D eigenvalue weighted by molar-refractivity contribution is 8.26. The fraction of sp³-hybridized carbons (Fsp3) is 0.214. The monoisotopic (exact) mass is 602 g/mol. The Morgan fingerprint density at radius 2 is 1.85 bits per heavy atom. The number of amides is 2. The zero-order chi connectivity index (χ0) is 28.6. The highest BCUT2D eigenvalue weighted by atomic mass is 32.2. The van der Waals surface area contributed by atoms with Gasteiger partial charge in [0.2, 0.25) is 5.91 Å². The number of rotatable bonds is 11. The van der Waals surface area contributed by atoms with Crippen LogP contribution in [0.15, 0.2) is 64.9 Å². The van der Waals surface area contributed by atoms with Crippen molar-refractivity contribution in [2.24, 2.45) is 0 Å². The van der Waals surface area contributed by atoms with Gasteiger partial charge in [0.25, 0.3) is 5.91 Å². The summed E-state index contributed by atoms with van der Waals surface area (Å²) < 4.78 is 35.5. The molecule has 1 fully saturated rings. The predicted molar refractivity (Wildman–Crippen MR) is 157 cm³/mol. The van der Waals surface area contributed by atoms with Crippen LogP contribution < -0.4 is 10.1 Å². The van der Waals surface area contributed by atoms with Crippen LogP contribution in [0, 0.1) is 0 Å². The Morgan fingerprint density at radius 1 is 1.12 bits per heavy atom. The molecule has 208 valence electrons. The molecular weight excluding hydrogens is 579 g/mol. The first-order valence-corrected chi connectivity index (χ1v) is 14.3. The number of halogens is 2. The number of alkyl halides is 2. The normalized spacial score (nSPS) is 14.2. The molecule has 12 heteroatoms. The first-order chi connectivity index (χ1) is 19.3. The van der Waals surface area contributed by atoms with E-state index >= 15 is 0 Å². The minimum absolute atomic E-state index is 0.0503. The molecule has 1 aliphatic rings. The highest BCUT2D eigenvalue weighted by Crippen LogP contribution is 2.37. The number of anilines is 1. The van der Waals surface area contributed by atoms with Crippen molar-refractivity contribution in [1.82, 2.24) is 4.90 Å². The Bertz CT molecular complexity index is 1440. The number of nitrogens with one attached hydrogen (secondary N) is 1. The molecule has 2 heterocycles. The molecule has 4 rings (SSSR count). The van der Waals surface area contributed by atoms with Crippen LogP contribution >= 0.6 is 35.3 Å². The molecule has 2 aromatic carbocycles. The van der Waals surface area contributed by atoms with Crippen LogP contribution in [0.2, 0.25) is 0 Å². The smallest absolute Gasteiger partial charge is 0.387 e. The number of carbonyl (C=O) groups is 3. The lowest BCUT2D eigenvalue weighted by atomic mass is 10.0. The number of esters is 1. The van der Waals surface area contributed by atoms with Gasteiger partial charge in [-0.05, 0) is 31.1 Å². The summed E-state index contributed by atoms with van der Waals surface area (Å²) in [6.45, 7) is -0.902. The molecule has 0 aliphatic carbocycles. The maximum absolute atomic E-state index is 12.9. The number of carbonyl (C=O) groups excluding carboxylic acids is 3. The van der Waals surface area contributed by atoms with Crippen LogP contribution in [0.3, 0.4) is 0 Å². The lowest BCUT2D eigenvalue weighted by Crippen LogP contribution is -2.29. The number of ether oxygens (including phenoxy) is 2. The zero-order valence-corrected chi connectivity index (χ0v) is 23.7. The number of hydrogen-bond acceptors (Lipinski definition) is 8. The second-order valence-electron chi connectivity index (χ2n) is 8.34. The molecule has 0 radical (unpaired) electrons. The Kier molecular flexibility index (Phi) is 10.0. The van der Waals surface area contributed by atoms with Crippen molar-refractivity contribution >= 4 is 68.5 Å². The van der Waals surface area contributed by atoms with E-state index in [2.05, 4.69) is 10.1 Å². The molecule has 1 aromatic heterocycles. The first kappa shape index (κ1) is 29.4. The van der Waals surface area contributed by atoms with E-state index in [0.717, 1.165) is 17.3 Å². The third-order valence-electron chi connectivity index (χ3n) is 5.69. The van der Waals surface area contributed by atoms with Crippen molar-refractivity contribution in [3.8, 4) is 16.9 Å². The summed E-state index contributed by atoms with van der Waals surface area (Å²) >= 11 is 7.63. The van der Waals surface area contributed by atoms with Gasteiger partial charge in [-0.15, -0.1) is 11.3 Å². The molecule has 0 unspecified atom stereocenters. The van der Waals surface area contributed by atoms with Crippen LogP contribution in [0.4, 0.5) is 13.8 Å². The predicted octanol–water partition coefficient (Wildman–Crippen LogP) is 6.81. The molecule has 0 bridgehead atoms. The van der Waals surface area contributed by atoms with E-state index in [1.54, 1.807) is 30.5 Å². The van der Waals surface area contributed by atoms with Gasteiger partial charge in [0.05, 0.1) is 11.5 Å². The molecule has 1 aliphatic heterocycles. The highest BCUT2D eigenvalue weighted by Gasteiger charge is 2.32. The second-order valence-corrected chi connectivity index (χ2v) is 10.9. The van der Waals surface area contributed by atoms with Crippen LogP contribution in [0.25, 0.3) is 17.2 Å². The quantitative estimate of drug-likeness (QED) is 0.147. The number of benzene rings is 2. The van der Waals surface area contributed by atoms with Gasteiger partial charge in [-0.2, -0.15) is 8.78 Å². The van der Waals surface area contributed by atoms with Gasteiger partial charge in [-0.25, -0.2) is 4.79 Å². The van der Waals surface area contributed by atoms with E-state index in [1.807, 2.05) is 30.3 Å². The third-order valence-corrected chi connectivity index (χ3v) is 7.96. The van der Waals surface area contributed by atoms with Crippen molar-refractivity contribution in [1.29, 1.82) is 0 Å². The van der Waals surface area contributed by atoms with E-state index in [9.17, 15) is 23.2 Å². The summed E-state index contributed by atoms with van der Waals surface area (Å²) in [6, 6.07) is 15.5. The zero-order valence-electron chi connectivity index (χ0n) is 21.2. The lowest BCUT2D eigenvalue weighted by Gasteiger charge is -2.14. The minimum atomic E-state index is -3.00. The molecule has 0 spiro atoms. The Balaban J connectivity index is 1.39. The molecule has 1 saturated heterocycles. The van der Waals surface area contributed by atoms with E-state index in [-0.39, 0.29) is 42.0 Å². The molecule has 7 nitrogen and oxygen atoms in total. The average Bonchev–Trinajstić information content (AvgIpc) is 3.46. The second kappa shape index (κ2) is 13.6. The van der Waals surface area contributed by atoms with Gasteiger partial charge in [-0.1, -0.05) is 72.5 Å². The number of para-hydroxylation sites is 1. The van der Waals surface area contributed by atoms with Gasteiger partial charge in [0, 0.05) is 29.5 Å². The van der Waals surface area contributed by atoms with Crippen LogP contribution in [0.1, 0.15) is 35.7 Å². The van der Waals surface area contributed by atoms with E-state index < -0.39 is 12.6 Å². The van der Waals surface area contributed by atoms with Gasteiger partial charge in [0.15, 0.2) is 0 Å². The van der Waals surface area contributed by atoms with E-state index in [1.165, 1.54) is 28.4 Å². The molecule has 1 N–H and O–H groups in total. The molecule has 0 atom stereocenters. The van der Waals surface area contributed by atoms with Gasteiger partial charge in [0.1, 0.15) is 20.6 Å². The first-order valence-electron chi connectivity index (χ1n) is 12.2. The fourth-order valence-corrected chi connectivity index (χ4v) is 6.18. The van der Waals surface area contributed by atoms with Crippen molar-refractivity contribution < 1.29 is 32.6 Å². The average molecular weight is 603 g/mol. The Hall–Kier alpha value is -3.61. The standard InChI is InChI=1S/C28H24F2N2O5S3/c1-2-36-26(35)23-19(17-9-4-3-5-10-17)16-39-24(23)31-22(33)13-8-14-32-25(34)21(40-28(32)38)15-18-11-6-7-12-20(18)37-27(29)30/h3-7,9-12,15-16,27H,2,8,13-14H2,1H3,(H,31,33). The van der Waals surface area contributed by atoms with E-state index in [0.29, 0.717) is 32.4 Å². The summed E-state index contributed by atoms with van der Waals surface area (Å²) in [4.78, 5) is 40.1. The minimum Gasteiger partial charge on any atom is -0.462 e. The van der Waals surface area contributed by atoms with Crippen LogP contribution in [-0.2, 0) is 14.3 Å². The molecule has 3 aromatic rings. The molecule has 40 heavy (non-hydrogen) atoms. The number of thioether (sulfide) groups is 1. The summed E-state index contributed by atoms with van der Waals surface area (Å²) in [5.74, 6) is -1.28. The summed E-state index contributed by atoms with van der Waals surface area (Å²) in [5, 5.41) is 4.99. The lowest BCUT2D eigenvalue weighted by molar-refractivity contribution is -0.122. The van der Waals surface area contributed by atoms with E-state index in [4.69, 9.17) is 17.0 Å². The fourth-order valence-electron chi connectivity index (χ4n) is 3.91. The molecular formula is C28H24F2N2O5S3. The van der Waals surface area contributed by atoms with Gasteiger partial charge >= 0.3 is 12.6 Å². The van der Waals surface area contributed by atoms with Crippen molar-refractivity contribution in [2.75, 3.05) is 18.5 Å². The summed E-state index contributed by atoms with van der Waals surface area (Å²) in [6.07, 6.45) is 1.84. The maximum Gasteiger partial charge on any atom is 0.387 e. The third kappa shape index (κ3) is 7.12. The summed E-state index contributed by atoms with van der Waals surface area (Å²) in [5.41, 5.74) is 2.12.